The van der Waals surface area contributed by atoms with Crippen LogP contribution in [0.5, 0.6) is 0 Å². The molecule has 0 aromatic heterocycles. The van der Waals surface area contributed by atoms with E-state index in [1.165, 1.54) is 17.9 Å². The smallest absolute Gasteiger partial charge is 0.279 e. The zero-order valence-electron chi connectivity index (χ0n) is 12.3. The molecule has 116 valence electrons. The number of nitrogens with one attached hydrogen (secondary N) is 3. The third-order valence-electron chi connectivity index (χ3n) is 3.82. The number of hydrogen-bond acceptors (Lipinski definition) is 1. The zero-order chi connectivity index (χ0) is 15.2. The topological polar surface area (TPSA) is 38.0 Å². The van der Waals surface area contributed by atoms with Gasteiger partial charge in [0.15, 0.2) is 6.54 Å². The van der Waals surface area contributed by atoms with Crippen molar-refractivity contribution >= 4 is 34.8 Å². The van der Waals surface area contributed by atoms with Crippen LogP contribution in [0.1, 0.15) is 13.3 Å². The molecule has 0 unspecified atom stereocenters. The van der Waals surface area contributed by atoms with E-state index >= 15 is 0 Å². The number of benzene rings is 1. The van der Waals surface area contributed by atoms with Crippen molar-refractivity contribution in [3.05, 3.63) is 28.2 Å². The maximum atomic E-state index is 12.1. The highest BCUT2D eigenvalue weighted by molar-refractivity contribution is 6.35. The summed E-state index contributed by atoms with van der Waals surface area (Å²) in [6.45, 7) is 8.37. The van der Waals surface area contributed by atoms with Gasteiger partial charge in [-0.05, 0) is 24.6 Å². The molecule has 1 amide bonds. The van der Waals surface area contributed by atoms with Crippen molar-refractivity contribution in [3.63, 3.8) is 0 Å². The van der Waals surface area contributed by atoms with Gasteiger partial charge in [0.05, 0.1) is 6.54 Å². The van der Waals surface area contributed by atoms with Crippen LogP contribution < -0.4 is 15.1 Å². The van der Waals surface area contributed by atoms with Gasteiger partial charge in [0, 0.05) is 15.7 Å². The Hall–Kier alpha value is -0.810. The molecule has 0 aliphatic carbocycles. The molecule has 1 aliphatic rings. The molecule has 21 heavy (non-hydrogen) atoms. The van der Waals surface area contributed by atoms with Crippen LogP contribution in [0.4, 0.5) is 5.69 Å². The van der Waals surface area contributed by atoms with Gasteiger partial charge < -0.3 is 15.1 Å². The molecule has 1 aromatic carbocycles. The lowest BCUT2D eigenvalue weighted by Gasteiger charge is -2.29. The van der Waals surface area contributed by atoms with Crippen LogP contribution >= 0.6 is 23.2 Å². The van der Waals surface area contributed by atoms with Gasteiger partial charge in [0.1, 0.15) is 26.2 Å². The number of rotatable bonds is 5. The number of amides is 1. The van der Waals surface area contributed by atoms with Gasteiger partial charge in [-0.3, -0.25) is 4.79 Å². The lowest BCUT2D eigenvalue weighted by Crippen LogP contribution is -3.28. The van der Waals surface area contributed by atoms with Crippen molar-refractivity contribution in [2.45, 2.75) is 13.3 Å². The van der Waals surface area contributed by atoms with E-state index in [0.29, 0.717) is 22.3 Å². The third-order valence-corrected chi connectivity index (χ3v) is 4.26. The van der Waals surface area contributed by atoms with E-state index in [0.717, 1.165) is 26.2 Å². The van der Waals surface area contributed by atoms with Gasteiger partial charge in [-0.1, -0.05) is 30.1 Å². The van der Waals surface area contributed by atoms with Crippen LogP contribution in [0.25, 0.3) is 0 Å². The number of halogens is 2. The molecule has 1 heterocycles. The summed E-state index contributed by atoms with van der Waals surface area (Å²) in [7, 11) is 0. The van der Waals surface area contributed by atoms with Crippen molar-refractivity contribution in [2.24, 2.45) is 0 Å². The van der Waals surface area contributed by atoms with E-state index < -0.39 is 0 Å². The predicted octanol–water partition coefficient (Wildman–Crippen LogP) is 0.125. The Morgan fingerprint density at radius 1 is 1.10 bits per heavy atom. The molecule has 0 saturated carbocycles. The average molecular weight is 332 g/mol. The highest BCUT2D eigenvalue weighted by Gasteiger charge is 2.24. The largest absolute Gasteiger partial charge is 0.326 e. The highest BCUT2D eigenvalue weighted by atomic mass is 35.5. The summed E-state index contributed by atoms with van der Waals surface area (Å²) in [5.41, 5.74) is 0.659. The standard InChI is InChI=1S/C15H21Cl2N3O/c1-2-3-19-4-6-20(7-5-19)11-15(21)18-14-9-12(16)8-13(17)10-14/h8-10H,2-7,11H2,1H3,(H,18,21)/p+2. The normalized spacial score (nSPS) is 22.0. The quantitative estimate of drug-likeness (QED) is 0.704. The Labute approximate surface area is 136 Å². The summed E-state index contributed by atoms with van der Waals surface area (Å²) in [4.78, 5) is 15.1. The molecule has 1 aliphatic heterocycles. The van der Waals surface area contributed by atoms with E-state index in [9.17, 15) is 4.79 Å². The monoisotopic (exact) mass is 331 g/mol. The molecule has 1 aromatic rings. The Bertz CT molecular complexity index is 468. The molecular formula is C15H23Cl2N3O+2. The first kappa shape index (κ1) is 16.6. The summed E-state index contributed by atoms with van der Waals surface area (Å²) in [6, 6.07) is 5.08. The predicted molar refractivity (Wildman–Crippen MR) is 86.5 cm³/mol. The second-order valence-electron chi connectivity index (χ2n) is 5.63. The van der Waals surface area contributed by atoms with E-state index in [-0.39, 0.29) is 5.91 Å². The van der Waals surface area contributed by atoms with Crippen molar-refractivity contribution in [1.82, 2.24) is 0 Å². The molecule has 1 saturated heterocycles. The second kappa shape index (κ2) is 7.99. The van der Waals surface area contributed by atoms with Crippen molar-refractivity contribution in [3.8, 4) is 0 Å². The van der Waals surface area contributed by atoms with E-state index in [4.69, 9.17) is 23.2 Å². The average Bonchev–Trinajstić information content (AvgIpc) is 2.40. The Morgan fingerprint density at radius 2 is 1.67 bits per heavy atom. The molecular weight excluding hydrogens is 309 g/mol. The molecule has 0 spiro atoms. The molecule has 6 heteroatoms. The molecule has 0 radical (unpaired) electrons. The number of anilines is 1. The van der Waals surface area contributed by atoms with Gasteiger partial charge in [0.2, 0.25) is 0 Å². The van der Waals surface area contributed by atoms with Crippen LogP contribution in [0.2, 0.25) is 10.0 Å². The van der Waals surface area contributed by atoms with Crippen LogP contribution in [0, 0.1) is 0 Å². The highest BCUT2D eigenvalue weighted by Crippen LogP contribution is 2.22. The van der Waals surface area contributed by atoms with Crippen molar-refractivity contribution in [1.29, 1.82) is 0 Å². The van der Waals surface area contributed by atoms with Crippen molar-refractivity contribution in [2.75, 3.05) is 44.6 Å². The van der Waals surface area contributed by atoms with Crippen LogP contribution in [-0.4, -0.2) is 45.2 Å². The fourth-order valence-corrected chi connectivity index (χ4v) is 3.32. The summed E-state index contributed by atoms with van der Waals surface area (Å²) in [5, 5.41) is 3.93. The van der Waals surface area contributed by atoms with E-state index in [1.54, 1.807) is 23.1 Å². The number of piperazine rings is 1. The minimum absolute atomic E-state index is 0.0160. The summed E-state index contributed by atoms with van der Waals surface area (Å²) in [5.74, 6) is 0.0160. The SMILES string of the molecule is CCC[NH+]1CC[NH+](CC(=O)Nc2cc(Cl)cc(Cl)c2)CC1. The number of hydrogen-bond donors (Lipinski definition) is 3. The molecule has 0 bridgehead atoms. The summed E-state index contributed by atoms with van der Waals surface area (Å²) < 4.78 is 0. The minimum Gasteiger partial charge on any atom is -0.326 e. The second-order valence-corrected chi connectivity index (χ2v) is 6.51. The Morgan fingerprint density at radius 3 is 2.24 bits per heavy atom. The Balaban J connectivity index is 1.80. The fourth-order valence-electron chi connectivity index (χ4n) is 2.80. The van der Waals surface area contributed by atoms with Crippen LogP contribution in [0.3, 0.4) is 0 Å². The zero-order valence-corrected chi connectivity index (χ0v) is 13.9. The van der Waals surface area contributed by atoms with Crippen LogP contribution in [-0.2, 0) is 4.79 Å². The van der Waals surface area contributed by atoms with Gasteiger partial charge in [-0.25, -0.2) is 0 Å². The molecule has 4 nitrogen and oxygen atoms in total. The van der Waals surface area contributed by atoms with E-state index in [2.05, 4.69) is 12.2 Å². The lowest BCUT2D eigenvalue weighted by molar-refractivity contribution is -1.01. The van der Waals surface area contributed by atoms with Crippen molar-refractivity contribution < 1.29 is 14.6 Å². The first-order valence-corrected chi connectivity index (χ1v) is 8.25. The van der Waals surface area contributed by atoms with Crippen LogP contribution in [0.15, 0.2) is 18.2 Å². The van der Waals surface area contributed by atoms with Gasteiger partial charge in [0.25, 0.3) is 5.91 Å². The van der Waals surface area contributed by atoms with Gasteiger partial charge in [-0.15, -0.1) is 0 Å². The van der Waals surface area contributed by atoms with Gasteiger partial charge >= 0.3 is 0 Å². The maximum Gasteiger partial charge on any atom is 0.279 e. The summed E-state index contributed by atoms with van der Waals surface area (Å²) >= 11 is 11.9. The molecule has 3 N–H and O–H groups in total. The lowest BCUT2D eigenvalue weighted by atomic mass is 10.3. The number of quaternary nitrogens is 2. The molecule has 2 rings (SSSR count). The number of carbonyl (C=O) groups excluding carboxylic acids is 1. The first-order chi connectivity index (χ1) is 10.1. The van der Waals surface area contributed by atoms with Gasteiger partial charge in [-0.2, -0.15) is 0 Å². The number of carbonyl (C=O) groups is 1. The maximum absolute atomic E-state index is 12.1. The Kier molecular flexibility index (Phi) is 6.30. The fraction of sp³-hybridized carbons (Fsp3) is 0.533. The first-order valence-electron chi connectivity index (χ1n) is 7.50. The summed E-state index contributed by atoms with van der Waals surface area (Å²) in [6.07, 6.45) is 1.22. The minimum atomic E-state index is 0.0160. The molecule has 1 fully saturated rings. The molecule has 0 atom stereocenters. The van der Waals surface area contributed by atoms with E-state index in [1.807, 2.05) is 0 Å². The third kappa shape index (κ3) is 5.47.